The molecule has 0 aliphatic rings. The van der Waals surface area contributed by atoms with E-state index in [4.69, 9.17) is 0 Å². The van der Waals surface area contributed by atoms with E-state index in [2.05, 4.69) is 21.8 Å². The molecule has 0 atom stereocenters. The molecule has 0 saturated carbocycles. The van der Waals surface area contributed by atoms with E-state index in [0.717, 1.165) is 37.7 Å². The number of hydrogen-bond acceptors (Lipinski definition) is 7. The second kappa shape index (κ2) is 13.5. The summed E-state index contributed by atoms with van der Waals surface area (Å²) in [4.78, 5) is 10.6. The largest absolute Gasteiger partial charge is 0.273 e. The van der Waals surface area contributed by atoms with E-state index in [9.17, 15) is 22.9 Å². The molecule has 0 saturated heterocycles. The molecule has 1 N–H and O–H groups in total. The topological polar surface area (TPSA) is 120 Å². The van der Waals surface area contributed by atoms with Crippen molar-refractivity contribution >= 4 is 27.5 Å². The lowest BCUT2D eigenvalue weighted by molar-refractivity contribution is -0.384. The van der Waals surface area contributed by atoms with Gasteiger partial charge in [0.15, 0.2) is 11.0 Å². The van der Waals surface area contributed by atoms with Crippen molar-refractivity contribution in [3.63, 3.8) is 0 Å². The predicted octanol–water partition coefficient (Wildman–Crippen LogP) is 5.39. The van der Waals surface area contributed by atoms with Crippen LogP contribution in [-0.4, -0.2) is 33.9 Å². The molecule has 1 aromatic heterocycles. The molecule has 194 valence electrons. The molecule has 12 heteroatoms. The van der Waals surface area contributed by atoms with Crippen molar-refractivity contribution in [1.82, 2.24) is 19.5 Å². The molecule has 0 spiro atoms. The lowest BCUT2D eigenvalue weighted by atomic mass is 10.1. The van der Waals surface area contributed by atoms with E-state index in [1.165, 1.54) is 36.0 Å². The van der Waals surface area contributed by atoms with Crippen molar-refractivity contribution in [3.8, 4) is 5.69 Å². The van der Waals surface area contributed by atoms with Crippen LogP contribution in [0.1, 0.15) is 56.8 Å². The number of benzene rings is 2. The van der Waals surface area contributed by atoms with Gasteiger partial charge in [-0.15, -0.1) is 10.2 Å². The number of hydrogen-bond donors (Lipinski definition) is 1. The number of halogens is 1. The van der Waals surface area contributed by atoms with E-state index >= 15 is 0 Å². The highest BCUT2D eigenvalue weighted by atomic mass is 32.2. The third-order valence-electron chi connectivity index (χ3n) is 5.52. The quantitative estimate of drug-likeness (QED) is 0.120. The van der Waals surface area contributed by atoms with Crippen LogP contribution in [0.25, 0.3) is 5.69 Å². The third kappa shape index (κ3) is 8.38. The first-order chi connectivity index (χ1) is 17.3. The number of nitrogens with one attached hydrogen (secondary N) is 1. The Kier molecular flexibility index (Phi) is 10.4. The summed E-state index contributed by atoms with van der Waals surface area (Å²) in [6.07, 6.45) is 5.88. The van der Waals surface area contributed by atoms with Crippen LogP contribution in [0, 0.1) is 15.9 Å². The van der Waals surface area contributed by atoms with Gasteiger partial charge in [-0.3, -0.25) is 14.7 Å². The Bertz CT molecular complexity index is 1230. The summed E-state index contributed by atoms with van der Waals surface area (Å²) in [6, 6.07) is 12.0. The van der Waals surface area contributed by atoms with Crippen LogP contribution in [-0.2, 0) is 22.3 Å². The van der Waals surface area contributed by atoms with Gasteiger partial charge in [-0.2, -0.15) is 0 Å². The minimum absolute atomic E-state index is 0.0387. The molecule has 0 amide bonds. The summed E-state index contributed by atoms with van der Waals surface area (Å²) in [5.74, 6) is 0.553. The molecule has 0 radical (unpaired) electrons. The highest BCUT2D eigenvalue weighted by molar-refractivity contribution is 7.98. The fourth-order valence-corrected chi connectivity index (χ4v) is 5.54. The zero-order valence-corrected chi connectivity index (χ0v) is 21.7. The molecule has 0 bridgehead atoms. The molecule has 36 heavy (non-hydrogen) atoms. The number of non-ortho nitro benzene ring substituents is 1. The molecule has 3 aromatic rings. The Balaban J connectivity index is 1.73. The van der Waals surface area contributed by atoms with Crippen molar-refractivity contribution < 1.29 is 17.7 Å². The number of nitrogens with zero attached hydrogens (tertiary/aromatic N) is 4. The minimum Gasteiger partial charge on any atom is -0.273 e. The number of sulfonamides is 1. The van der Waals surface area contributed by atoms with Crippen LogP contribution < -0.4 is 4.72 Å². The van der Waals surface area contributed by atoms with Gasteiger partial charge in [0.2, 0.25) is 10.0 Å². The summed E-state index contributed by atoms with van der Waals surface area (Å²) in [6.45, 7) is 2.07. The fraction of sp³-hybridized carbons (Fsp3) is 0.417. The first-order valence-electron chi connectivity index (χ1n) is 11.8. The van der Waals surface area contributed by atoms with Crippen molar-refractivity contribution in [1.29, 1.82) is 0 Å². The normalized spacial score (nSPS) is 11.6. The highest BCUT2D eigenvalue weighted by Crippen LogP contribution is 2.26. The molecule has 0 aliphatic heterocycles. The van der Waals surface area contributed by atoms with Crippen LogP contribution in [0.5, 0.6) is 0 Å². The van der Waals surface area contributed by atoms with E-state index in [1.54, 1.807) is 28.8 Å². The van der Waals surface area contributed by atoms with Crippen LogP contribution in [0.3, 0.4) is 0 Å². The van der Waals surface area contributed by atoms with Gasteiger partial charge in [0.25, 0.3) is 5.69 Å². The van der Waals surface area contributed by atoms with Crippen LogP contribution in [0.15, 0.2) is 53.7 Å². The van der Waals surface area contributed by atoms with Gasteiger partial charge >= 0.3 is 0 Å². The van der Waals surface area contributed by atoms with Crippen molar-refractivity contribution in [2.75, 3.05) is 5.75 Å². The first kappa shape index (κ1) is 27.8. The number of rotatable bonds is 15. The molecule has 9 nitrogen and oxygen atoms in total. The smallest absolute Gasteiger partial charge is 0.269 e. The Morgan fingerprint density at radius 2 is 1.67 bits per heavy atom. The van der Waals surface area contributed by atoms with Gasteiger partial charge in [-0.05, 0) is 36.2 Å². The molecule has 2 aromatic carbocycles. The number of nitro benzene ring substituents is 1. The second-order valence-electron chi connectivity index (χ2n) is 8.33. The highest BCUT2D eigenvalue weighted by Gasteiger charge is 2.18. The lowest BCUT2D eigenvalue weighted by Crippen LogP contribution is -2.27. The molecular weight excluding hydrogens is 505 g/mol. The predicted molar refractivity (Wildman–Crippen MR) is 138 cm³/mol. The van der Waals surface area contributed by atoms with Gasteiger partial charge in [0.05, 0.1) is 17.2 Å². The average Bonchev–Trinajstić information content (AvgIpc) is 3.27. The Morgan fingerprint density at radius 3 is 2.33 bits per heavy atom. The Morgan fingerprint density at radius 1 is 1.00 bits per heavy atom. The van der Waals surface area contributed by atoms with Gasteiger partial charge < -0.3 is 0 Å². The molecular formula is C24H30FN5O4S2. The molecule has 0 aliphatic carbocycles. The monoisotopic (exact) mass is 535 g/mol. The number of thioether (sulfide) groups is 1. The summed E-state index contributed by atoms with van der Waals surface area (Å²) in [7, 11) is -3.50. The standard InChI is InChI=1S/C24H30FN5O4S2/c1-2-3-4-5-6-7-16-36(33,34)26-17-23-27-28-24(35-18-19-8-10-20(25)11-9-19)29(23)21-12-14-22(15-13-21)30(31)32/h8-15,26H,2-7,16-18H2,1H3. The maximum absolute atomic E-state index is 13.2. The third-order valence-corrected chi connectivity index (χ3v) is 7.93. The van der Waals surface area contributed by atoms with Gasteiger partial charge in [-0.1, -0.05) is 62.9 Å². The SMILES string of the molecule is CCCCCCCCS(=O)(=O)NCc1nnc(SCc2ccc(F)cc2)n1-c1ccc([N+](=O)[O-])cc1. The first-order valence-corrected chi connectivity index (χ1v) is 14.5. The molecule has 0 fully saturated rings. The summed E-state index contributed by atoms with van der Waals surface area (Å²) >= 11 is 1.34. The van der Waals surface area contributed by atoms with E-state index in [1.807, 2.05) is 0 Å². The maximum Gasteiger partial charge on any atom is 0.269 e. The van der Waals surface area contributed by atoms with Gasteiger partial charge in [0.1, 0.15) is 5.82 Å². The summed E-state index contributed by atoms with van der Waals surface area (Å²) in [5, 5.41) is 19.9. The summed E-state index contributed by atoms with van der Waals surface area (Å²) in [5.41, 5.74) is 1.38. The summed E-state index contributed by atoms with van der Waals surface area (Å²) < 4.78 is 42.5. The van der Waals surface area contributed by atoms with Crippen LogP contribution >= 0.6 is 11.8 Å². The maximum atomic E-state index is 13.2. The van der Waals surface area contributed by atoms with Crippen molar-refractivity contribution in [3.05, 3.63) is 75.9 Å². The van der Waals surface area contributed by atoms with Crippen LogP contribution in [0.2, 0.25) is 0 Å². The molecule has 1 heterocycles. The van der Waals surface area contributed by atoms with E-state index in [-0.39, 0.29) is 23.8 Å². The van der Waals surface area contributed by atoms with Gasteiger partial charge in [0, 0.05) is 23.6 Å². The zero-order valence-electron chi connectivity index (χ0n) is 20.1. The number of nitro groups is 1. The number of unbranched alkanes of at least 4 members (excludes halogenated alkanes) is 5. The Hall–Kier alpha value is -2.83. The Labute approximate surface area is 214 Å². The lowest BCUT2D eigenvalue weighted by Gasteiger charge is -2.11. The second-order valence-corrected chi connectivity index (χ2v) is 11.2. The minimum atomic E-state index is -3.50. The van der Waals surface area contributed by atoms with E-state index in [0.29, 0.717) is 28.8 Å². The fourth-order valence-electron chi connectivity index (χ4n) is 3.54. The molecule has 3 rings (SSSR count). The van der Waals surface area contributed by atoms with Crippen molar-refractivity contribution in [2.45, 2.75) is 62.9 Å². The average molecular weight is 536 g/mol. The zero-order chi connectivity index (χ0) is 26.0. The van der Waals surface area contributed by atoms with Crippen molar-refractivity contribution in [2.24, 2.45) is 0 Å². The van der Waals surface area contributed by atoms with E-state index < -0.39 is 14.9 Å². The number of aromatic nitrogens is 3. The van der Waals surface area contributed by atoms with Crippen LogP contribution in [0.4, 0.5) is 10.1 Å². The van der Waals surface area contributed by atoms with Gasteiger partial charge in [-0.25, -0.2) is 17.5 Å². The molecule has 0 unspecified atom stereocenters.